The number of hydrogen-bond acceptors (Lipinski definition) is 7. The summed E-state index contributed by atoms with van der Waals surface area (Å²) in [6.07, 6.45) is 6.90. The first-order chi connectivity index (χ1) is 18.9. The minimum absolute atomic E-state index is 0.0143. The van der Waals surface area contributed by atoms with Gasteiger partial charge in [0.15, 0.2) is 0 Å². The van der Waals surface area contributed by atoms with Crippen molar-refractivity contribution < 1.29 is 14.3 Å². The molecule has 5 heterocycles. The number of rotatable bonds is 5. The number of nitrogens with one attached hydrogen (secondary N) is 1. The summed E-state index contributed by atoms with van der Waals surface area (Å²) in [4.78, 5) is 38.3. The second-order valence-electron chi connectivity index (χ2n) is 10.7. The maximum absolute atomic E-state index is 13.9. The largest absolute Gasteiger partial charge is 0.495 e. The summed E-state index contributed by atoms with van der Waals surface area (Å²) in [7, 11) is 1.64. The molecule has 2 aliphatic heterocycles. The Morgan fingerprint density at radius 1 is 1.13 bits per heavy atom. The van der Waals surface area contributed by atoms with Crippen molar-refractivity contribution in [2.45, 2.75) is 45.3 Å². The van der Waals surface area contributed by atoms with Gasteiger partial charge in [-0.25, -0.2) is 0 Å². The molecule has 2 aliphatic rings. The van der Waals surface area contributed by atoms with Crippen molar-refractivity contribution in [3.8, 4) is 5.75 Å². The average molecular weight is 531 g/mol. The van der Waals surface area contributed by atoms with Crippen molar-refractivity contribution in [2.75, 3.05) is 40.0 Å². The minimum Gasteiger partial charge on any atom is -0.495 e. The smallest absolute Gasteiger partial charge is 0.259 e. The molecule has 3 aromatic heterocycles. The Bertz CT molecular complexity index is 1590. The molecular formula is C29H34N6O4. The van der Waals surface area contributed by atoms with Crippen molar-refractivity contribution in [3.05, 3.63) is 63.8 Å². The van der Waals surface area contributed by atoms with Crippen LogP contribution in [-0.4, -0.2) is 81.5 Å². The molecule has 2 saturated heterocycles. The molecule has 1 amide bonds. The summed E-state index contributed by atoms with van der Waals surface area (Å²) >= 11 is 0. The summed E-state index contributed by atoms with van der Waals surface area (Å²) in [6.45, 7) is 8.23. The molecule has 0 unspecified atom stereocenters. The fraction of sp³-hybridized carbons (Fsp3) is 0.448. The number of piperazine rings is 1. The topological polar surface area (TPSA) is 106 Å². The zero-order valence-corrected chi connectivity index (χ0v) is 22.6. The molecule has 204 valence electrons. The molecule has 1 N–H and O–H groups in total. The minimum atomic E-state index is -0.162. The number of benzene rings is 1. The molecule has 0 aliphatic carbocycles. The van der Waals surface area contributed by atoms with E-state index in [0.29, 0.717) is 37.3 Å². The lowest BCUT2D eigenvalue weighted by molar-refractivity contribution is 0.0494. The van der Waals surface area contributed by atoms with Gasteiger partial charge in [-0.1, -0.05) is 0 Å². The van der Waals surface area contributed by atoms with Crippen molar-refractivity contribution in [1.82, 2.24) is 29.5 Å². The lowest BCUT2D eigenvalue weighted by Gasteiger charge is -2.40. The third kappa shape index (κ3) is 4.79. The first-order valence-corrected chi connectivity index (χ1v) is 13.6. The van der Waals surface area contributed by atoms with Gasteiger partial charge in [-0.15, -0.1) is 0 Å². The van der Waals surface area contributed by atoms with E-state index in [1.807, 2.05) is 40.9 Å². The summed E-state index contributed by atoms with van der Waals surface area (Å²) < 4.78 is 12.8. The molecule has 2 fully saturated rings. The number of carbonyl (C=O) groups excluding carboxylic acids is 1. The number of aryl methyl sites for hydroxylation is 1. The molecule has 39 heavy (non-hydrogen) atoms. The Morgan fingerprint density at radius 2 is 1.95 bits per heavy atom. The third-order valence-corrected chi connectivity index (χ3v) is 8.12. The van der Waals surface area contributed by atoms with Crippen LogP contribution in [0.1, 0.15) is 47.3 Å². The van der Waals surface area contributed by atoms with Crippen molar-refractivity contribution in [1.29, 1.82) is 0 Å². The summed E-state index contributed by atoms with van der Waals surface area (Å²) in [6, 6.07) is 6.22. The number of aromatic amines is 1. The van der Waals surface area contributed by atoms with E-state index in [1.165, 1.54) is 0 Å². The molecule has 10 nitrogen and oxygen atoms in total. The Hall–Kier alpha value is -3.76. The van der Waals surface area contributed by atoms with Crippen molar-refractivity contribution in [3.63, 3.8) is 0 Å². The number of H-pyrrole nitrogens is 1. The average Bonchev–Trinajstić information content (AvgIpc) is 3.40. The van der Waals surface area contributed by atoms with E-state index in [2.05, 4.69) is 26.9 Å². The molecule has 1 atom stereocenters. The number of pyridine rings is 2. The molecule has 4 aromatic rings. The number of carbonyl (C=O) groups is 1. The highest BCUT2D eigenvalue weighted by molar-refractivity contribution is 6.07. The van der Waals surface area contributed by atoms with Gasteiger partial charge in [-0.2, -0.15) is 5.10 Å². The number of amides is 1. The second kappa shape index (κ2) is 10.4. The van der Waals surface area contributed by atoms with E-state index in [4.69, 9.17) is 9.47 Å². The SMILES string of the molecule is COc1cncc(CN2CCN(C(=O)c3cc4c(cc3C)[nH]c(=O)c3cnn(C5CCOCC5)c34)C[C@@H]2C)c1. The van der Waals surface area contributed by atoms with E-state index in [9.17, 15) is 9.59 Å². The quantitative estimate of drug-likeness (QED) is 0.422. The van der Waals surface area contributed by atoms with Gasteiger partial charge in [-0.05, 0) is 56.0 Å². The highest BCUT2D eigenvalue weighted by Crippen LogP contribution is 2.30. The highest BCUT2D eigenvalue weighted by Gasteiger charge is 2.29. The fourth-order valence-electron chi connectivity index (χ4n) is 5.91. The number of methoxy groups -OCH3 is 1. The van der Waals surface area contributed by atoms with Gasteiger partial charge in [0.2, 0.25) is 0 Å². The molecule has 0 saturated carbocycles. The van der Waals surface area contributed by atoms with Crippen LogP contribution < -0.4 is 10.3 Å². The first kappa shape index (κ1) is 25.5. The van der Waals surface area contributed by atoms with E-state index in [0.717, 1.165) is 59.2 Å². The molecule has 1 aromatic carbocycles. The summed E-state index contributed by atoms with van der Waals surface area (Å²) in [5, 5.41) is 6.00. The predicted octanol–water partition coefficient (Wildman–Crippen LogP) is 3.29. The van der Waals surface area contributed by atoms with Crippen LogP contribution in [0.25, 0.3) is 21.8 Å². The van der Waals surface area contributed by atoms with Gasteiger partial charge in [0.05, 0.1) is 42.0 Å². The van der Waals surface area contributed by atoms with E-state index in [1.54, 1.807) is 19.5 Å². The van der Waals surface area contributed by atoms with Crippen LogP contribution >= 0.6 is 0 Å². The molecule has 10 heteroatoms. The Labute approximate surface area is 226 Å². The maximum atomic E-state index is 13.9. The number of nitrogens with zero attached hydrogens (tertiary/aromatic N) is 5. The zero-order valence-electron chi connectivity index (χ0n) is 22.6. The highest BCUT2D eigenvalue weighted by atomic mass is 16.5. The summed E-state index contributed by atoms with van der Waals surface area (Å²) in [5.41, 5.74) is 3.95. The van der Waals surface area contributed by atoms with Gasteiger partial charge in [0.25, 0.3) is 11.5 Å². The summed E-state index contributed by atoms with van der Waals surface area (Å²) in [5.74, 6) is 0.759. The molecular weight excluding hydrogens is 496 g/mol. The van der Waals surface area contributed by atoms with Crippen LogP contribution in [0, 0.1) is 6.92 Å². The van der Waals surface area contributed by atoms with Crippen LogP contribution in [0.4, 0.5) is 0 Å². The van der Waals surface area contributed by atoms with E-state index >= 15 is 0 Å². The van der Waals surface area contributed by atoms with Crippen LogP contribution in [0.2, 0.25) is 0 Å². The standard InChI is InChI=1S/C29H34N6O4/c1-18-10-26-24(27-25(28(36)32-26)15-31-35(27)21-4-8-39-9-5-21)12-23(18)29(37)34-7-6-33(19(2)16-34)17-20-11-22(38-3)14-30-13-20/h10-15,19,21H,4-9,16-17H2,1-3H3,(H,32,36)/t19-/m0/s1. The Balaban J connectivity index is 1.28. The number of aromatic nitrogens is 4. The molecule has 6 rings (SSSR count). The van der Waals surface area contributed by atoms with Crippen LogP contribution in [0.15, 0.2) is 41.6 Å². The Morgan fingerprint density at radius 3 is 2.72 bits per heavy atom. The normalized spacial score (nSPS) is 19.2. The molecule has 0 radical (unpaired) electrons. The van der Waals surface area contributed by atoms with Crippen LogP contribution in [0.3, 0.4) is 0 Å². The van der Waals surface area contributed by atoms with Crippen molar-refractivity contribution in [2.24, 2.45) is 0 Å². The number of hydrogen-bond donors (Lipinski definition) is 1. The van der Waals surface area contributed by atoms with Gasteiger partial charge in [-0.3, -0.25) is 24.2 Å². The zero-order chi connectivity index (χ0) is 27.1. The third-order valence-electron chi connectivity index (χ3n) is 8.12. The van der Waals surface area contributed by atoms with Gasteiger partial charge in [0.1, 0.15) is 5.75 Å². The van der Waals surface area contributed by atoms with Gasteiger partial charge in [0, 0.05) is 62.6 Å². The first-order valence-electron chi connectivity index (χ1n) is 13.6. The fourth-order valence-corrected chi connectivity index (χ4v) is 5.91. The number of ether oxygens (including phenoxy) is 2. The van der Waals surface area contributed by atoms with E-state index < -0.39 is 0 Å². The number of fused-ring (bicyclic) bond motifs is 3. The van der Waals surface area contributed by atoms with Gasteiger partial charge < -0.3 is 19.4 Å². The van der Waals surface area contributed by atoms with Gasteiger partial charge >= 0.3 is 0 Å². The molecule has 0 bridgehead atoms. The molecule has 0 spiro atoms. The van der Waals surface area contributed by atoms with Crippen molar-refractivity contribution >= 4 is 27.7 Å². The van der Waals surface area contributed by atoms with E-state index in [-0.39, 0.29) is 23.6 Å². The monoisotopic (exact) mass is 530 g/mol. The maximum Gasteiger partial charge on any atom is 0.259 e. The second-order valence-corrected chi connectivity index (χ2v) is 10.7. The lowest BCUT2D eigenvalue weighted by atomic mass is 10.0. The predicted molar refractivity (Wildman–Crippen MR) is 148 cm³/mol. The lowest BCUT2D eigenvalue weighted by Crippen LogP contribution is -2.53. The van der Waals surface area contributed by atoms with Crippen LogP contribution in [0.5, 0.6) is 5.75 Å². The Kier molecular flexibility index (Phi) is 6.82. The van der Waals surface area contributed by atoms with Crippen LogP contribution in [-0.2, 0) is 11.3 Å².